The molecule has 2 aromatic carbocycles. The summed E-state index contributed by atoms with van der Waals surface area (Å²) >= 11 is 6.08. The number of hydrogen-bond acceptors (Lipinski definition) is 4. The van der Waals surface area contributed by atoms with E-state index < -0.39 is 10.0 Å². The number of carbonyl (C=O) groups excluding carboxylic acids is 1. The monoisotopic (exact) mass is 436 g/mol. The Hall–Kier alpha value is -2.09. The lowest BCUT2D eigenvalue weighted by Gasteiger charge is -2.30. The molecule has 1 heterocycles. The molecule has 0 spiro atoms. The molecule has 1 fully saturated rings. The highest BCUT2D eigenvalue weighted by Gasteiger charge is 2.32. The zero-order valence-corrected chi connectivity index (χ0v) is 18.1. The summed E-state index contributed by atoms with van der Waals surface area (Å²) in [5.41, 5.74) is 1.90. The molecule has 0 saturated carbocycles. The van der Waals surface area contributed by atoms with E-state index in [-0.39, 0.29) is 21.7 Å². The molecule has 1 N–H and O–H groups in total. The molecule has 1 amide bonds. The number of aryl methyl sites for hydroxylation is 1. The third-order valence-corrected chi connectivity index (χ3v) is 7.43. The van der Waals surface area contributed by atoms with Crippen LogP contribution in [0.2, 0.25) is 5.02 Å². The molecule has 0 radical (unpaired) electrons. The van der Waals surface area contributed by atoms with Crippen LogP contribution in [0, 0.1) is 5.92 Å². The maximum atomic E-state index is 12.9. The summed E-state index contributed by atoms with van der Waals surface area (Å²) < 4.78 is 32.3. The zero-order chi connectivity index (χ0) is 21.0. The Bertz CT molecular complexity index is 986. The number of para-hydroxylation sites is 1. The lowest BCUT2D eigenvalue weighted by Crippen LogP contribution is -2.41. The smallest absolute Gasteiger partial charge is 0.243 e. The first-order valence-corrected chi connectivity index (χ1v) is 11.4. The average Bonchev–Trinajstić information content (AvgIpc) is 2.74. The Morgan fingerprint density at radius 3 is 2.52 bits per heavy atom. The van der Waals surface area contributed by atoms with Crippen molar-refractivity contribution in [2.24, 2.45) is 5.92 Å². The summed E-state index contributed by atoms with van der Waals surface area (Å²) in [6.07, 6.45) is 1.78. The minimum atomic E-state index is -3.67. The van der Waals surface area contributed by atoms with Crippen molar-refractivity contribution in [2.45, 2.75) is 31.1 Å². The molecule has 0 unspecified atom stereocenters. The van der Waals surface area contributed by atoms with Crippen LogP contribution >= 0.6 is 11.6 Å². The SMILES string of the molecule is CCc1ccccc1NC(=O)C1CCN(S(=O)(=O)c2ccc(OC)c(Cl)c2)CC1. The first-order valence-electron chi connectivity index (χ1n) is 9.59. The summed E-state index contributed by atoms with van der Waals surface area (Å²) in [5.74, 6) is 0.148. The van der Waals surface area contributed by atoms with Crippen LogP contribution < -0.4 is 10.1 Å². The number of nitrogens with one attached hydrogen (secondary N) is 1. The standard InChI is InChI=1S/C21H25ClN2O4S/c1-3-15-6-4-5-7-19(15)23-21(25)16-10-12-24(13-11-16)29(26,27)17-8-9-20(28-2)18(22)14-17/h4-9,14,16H,3,10-13H2,1-2H3,(H,23,25). The van der Waals surface area contributed by atoms with Gasteiger partial charge in [-0.3, -0.25) is 4.79 Å². The van der Waals surface area contributed by atoms with E-state index in [2.05, 4.69) is 5.32 Å². The van der Waals surface area contributed by atoms with E-state index >= 15 is 0 Å². The number of rotatable bonds is 6. The second-order valence-electron chi connectivity index (χ2n) is 6.97. The summed E-state index contributed by atoms with van der Waals surface area (Å²) in [6, 6.07) is 12.2. The van der Waals surface area contributed by atoms with Crippen molar-refractivity contribution in [3.05, 3.63) is 53.1 Å². The molecule has 156 valence electrons. The number of piperidine rings is 1. The van der Waals surface area contributed by atoms with Gasteiger partial charge in [-0.25, -0.2) is 8.42 Å². The number of anilines is 1. The van der Waals surface area contributed by atoms with E-state index in [4.69, 9.17) is 16.3 Å². The molecule has 29 heavy (non-hydrogen) atoms. The topological polar surface area (TPSA) is 75.7 Å². The van der Waals surface area contributed by atoms with Gasteiger partial charge in [0.15, 0.2) is 0 Å². The number of hydrogen-bond donors (Lipinski definition) is 1. The van der Waals surface area contributed by atoms with Crippen molar-refractivity contribution in [1.29, 1.82) is 0 Å². The molecule has 8 heteroatoms. The van der Waals surface area contributed by atoms with Gasteiger partial charge in [0.05, 0.1) is 17.0 Å². The Labute approximate surface area is 176 Å². The van der Waals surface area contributed by atoms with Crippen molar-refractivity contribution in [3.63, 3.8) is 0 Å². The van der Waals surface area contributed by atoms with Crippen molar-refractivity contribution >= 4 is 33.2 Å². The highest BCUT2D eigenvalue weighted by atomic mass is 35.5. The van der Waals surface area contributed by atoms with Gasteiger partial charge in [0, 0.05) is 24.7 Å². The maximum absolute atomic E-state index is 12.9. The van der Waals surface area contributed by atoms with Crippen LogP contribution in [0.15, 0.2) is 47.4 Å². The van der Waals surface area contributed by atoms with E-state index in [1.165, 1.54) is 23.5 Å². The molecule has 1 aliphatic rings. The predicted molar refractivity (Wildman–Crippen MR) is 114 cm³/mol. The largest absolute Gasteiger partial charge is 0.495 e. The molecule has 1 saturated heterocycles. The summed E-state index contributed by atoms with van der Waals surface area (Å²) in [5, 5.41) is 3.25. The van der Waals surface area contributed by atoms with Gasteiger partial charge in [0.1, 0.15) is 5.75 Å². The highest BCUT2D eigenvalue weighted by molar-refractivity contribution is 7.89. The molecule has 0 atom stereocenters. The van der Waals surface area contributed by atoms with Crippen LogP contribution in [-0.2, 0) is 21.2 Å². The van der Waals surface area contributed by atoms with E-state index in [1.54, 1.807) is 6.07 Å². The summed E-state index contributed by atoms with van der Waals surface area (Å²) in [6.45, 7) is 2.62. The first kappa shape index (κ1) is 21.6. The molecular formula is C21H25ClN2O4S. The van der Waals surface area contributed by atoms with Crippen molar-refractivity contribution in [1.82, 2.24) is 4.31 Å². The fourth-order valence-electron chi connectivity index (χ4n) is 3.50. The minimum absolute atomic E-state index is 0.0598. The fraction of sp³-hybridized carbons (Fsp3) is 0.381. The Kier molecular flexibility index (Phi) is 6.82. The molecule has 0 bridgehead atoms. The number of nitrogens with zero attached hydrogens (tertiary/aromatic N) is 1. The fourth-order valence-corrected chi connectivity index (χ4v) is 5.32. The number of amides is 1. The van der Waals surface area contributed by atoms with Gasteiger partial charge in [-0.15, -0.1) is 0 Å². The van der Waals surface area contributed by atoms with E-state index in [1.807, 2.05) is 31.2 Å². The number of ether oxygens (including phenoxy) is 1. The Morgan fingerprint density at radius 2 is 1.90 bits per heavy atom. The van der Waals surface area contributed by atoms with Gasteiger partial charge in [0.2, 0.25) is 15.9 Å². The van der Waals surface area contributed by atoms with E-state index in [0.717, 1.165) is 17.7 Å². The summed E-state index contributed by atoms with van der Waals surface area (Å²) in [4.78, 5) is 12.8. The van der Waals surface area contributed by atoms with Crippen molar-refractivity contribution < 1.29 is 17.9 Å². The van der Waals surface area contributed by atoms with Gasteiger partial charge in [0.25, 0.3) is 0 Å². The molecule has 0 aliphatic carbocycles. The third kappa shape index (κ3) is 4.74. The zero-order valence-electron chi connectivity index (χ0n) is 16.5. The normalized spacial score (nSPS) is 15.8. The van der Waals surface area contributed by atoms with Crippen LogP contribution in [0.25, 0.3) is 0 Å². The second kappa shape index (κ2) is 9.15. The molecule has 1 aliphatic heterocycles. The maximum Gasteiger partial charge on any atom is 0.243 e. The average molecular weight is 437 g/mol. The number of methoxy groups -OCH3 is 1. The predicted octanol–water partition coefficient (Wildman–Crippen LogP) is 3.95. The molecule has 2 aromatic rings. The first-order chi connectivity index (χ1) is 13.9. The van der Waals surface area contributed by atoms with Crippen LogP contribution in [-0.4, -0.2) is 38.8 Å². The van der Waals surface area contributed by atoms with Crippen molar-refractivity contribution in [2.75, 3.05) is 25.5 Å². The van der Waals surface area contributed by atoms with E-state index in [9.17, 15) is 13.2 Å². The number of sulfonamides is 1. The number of benzene rings is 2. The highest BCUT2D eigenvalue weighted by Crippen LogP contribution is 2.30. The van der Waals surface area contributed by atoms with Crippen LogP contribution in [0.5, 0.6) is 5.75 Å². The Balaban J connectivity index is 1.65. The van der Waals surface area contributed by atoms with Gasteiger partial charge >= 0.3 is 0 Å². The third-order valence-electron chi connectivity index (χ3n) is 5.24. The molecule has 6 nitrogen and oxygen atoms in total. The molecule has 0 aromatic heterocycles. The van der Waals surface area contributed by atoms with Crippen LogP contribution in [0.3, 0.4) is 0 Å². The second-order valence-corrected chi connectivity index (χ2v) is 9.32. The van der Waals surface area contributed by atoms with Crippen molar-refractivity contribution in [3.8, 4) is 5.75 Å². The number of carbonyl (C=O) groups is 1. The quantitative estimate of drug-likeness (QED) is 0.743. The van der Waals surface area contributed by atoms with Gasteiger partial charge < -0.3 is 10.1 Å². The summed E-state index contributed by atoms with van der Waals surface area (Å²) in [7, 11) is -2.19. The van der Waals surface area contributed by atoms with Gasteiger partial charge in [-0.05, 0) is 49.1 Å². The lowest BCUT2D eigenvalue weighted by atomic mass is 9.97. The van der Waals surface area contributed by atoms with Gasteiger partial charge in [-0.2, -0.15) is 4.31 Å². The van der Waals surface area contributed by atoms with E-state index in [0.29, 0.717) is 31.7 Å². The molecule has 3 rings (SSSR count). The van der Waals surface area contributed by atoms with Crippen LogP contribution in [0.4, 0.5) is 5.69 Å². The van der Waals surface area contributed by atoms with Crippen LogP contribution in [0.1, 0.15) is 25.3 Å². The minimum Gasteiger partial charge on any atom is -0.495 e. The van der Waals surface area contributed by atoms with Gasteiger partial charge in [-0.1, -0.05) is 36.7 Å². The number of halogens is 1. The Morgan fingerprint density at radius 1 is 1.21 bits per heavy atom. The molecular weight excluding hydrogens is 412 g/mol. The lowest BCUT2D eigenvalue weighted by molar-refractivity contribution is -0.120.